The summed E-state index contributed by atoms with van der Waals surface area (Å²) in [5.41, 5.74) is -1.76. The zero-order valence-electron chi connectivity index (χ0n) is 61.3. The van der Waals surface area contributed by atoms with Crippen molar-refractivity contribution < 1.29 is 178 Å². The molecule has 21 N–H and O–H groups in total. The first-order chi connectivity index (χ1) is 50.3. The Morgan fingerprint density at radius 3 is 1.58 bits per heavy atom. The lowest BCUT2D eigenvalue weighted by Gasteiger charge is -2.71. The Balaban J connectivity index is 0.701. The number of allylic oxidation sites excluding steroid dienone is 2. The Morgan fingerprint density at radius 2 is 0.935 bits per heavy atom. The van der Waals surface area contributed by atoms with E-state index in [1.165, 1.54) is 6.92 Å². The van der Waals surface area contributed by atoms with Crippen LogP contribution in [0.5, 0.6) is 0 Å². The summed E-state index contributed by atoms with van der Waals surface area (Å²) < 4.78 is 82.9. The Morgan fingerprint density at radius 1 is 0.439 bits per heavy atom. The number of fused-ring (bicyclic) bond motifs is 7. The maximum Gasteiger partial charge on any atom is 0.315 e. The second-order valence-corrected chi connectivity index (χ2v) is 34.3. The van der Waals surface area contributed by atoms with Gasteiger partial charge in [0.25, 0.3) is 0 Å². The van der Waals surface area contributed by atoms with Gasteiger partial charge < -0.3 is 174 Å². The molecule has 616 valence electrons. The molecule has 4 saturated carbocycles. The van der Waals surface area contributed by atoms with Gasteiger partial charge in [0.1, 0.15) is 159 Å². The van der Waals surface area contributed by atoms with Crippen LogP contribution in [-0.2, 0) is 71.1 Å². The zero-order valence-corrected chi connectivity index (χ0v) is 61.3. The second kappa shape index (κ2) is 32.1. The van der Waals surface area contributed by atoms with E-state index in [2.05, 4.69) is 54.5 Å². The van der Waals surface area contributed by atoms with Gasteiger partial charge in [-0.2, -0.15) is 0 Å². The summed E-state index contributed by atoms with van der Waals surface area (Å²) in [6.45, 7) is 12.4. The third kappa shape index (κ3) is 14.9. The van der Waals surface area contributed by atoms with Crippen LogP contribution in [-0.4, -0.2) is 368 Å². The molecule has 0 amide bonds. The fourth-order valence-corrected chi connectivity index (χ4v) is 20.5. The van der Waals surface area contributed by atoms with Crippen molar-refractivity contribution in [3.05, 3.63) is 11.6 Å². The summed E-state index contributed by atoms with van der Waals surface area (Å²) in [5.74, 6) is -0.793. The number of aliphatic hydroxyl groups is 21. The number of ether oxygens (including phenoxy) is 14. The van der Waals surface area contributed by atoms with Crippen LogP contribution >= 0.6 is 0 Å². The molecule has 7 saturated heterocycles. The summed E-state index contributed by atoms with van der Waals surface area (Å²) in [6, 6.07) is 0. The van der Waals surface area contributed by atoms with Gasteiger partial charge in [-0.3, -0.25) is 4.79 Å². The van der Waals surface area contributed by atoms with E-state index in [0.29, 0.717) is 51.4 Å². The fourth-order valence-electron chi connectivity index (χ4n) is 20.5. The van der Waals surface area contributed by atoms with Gasteiger partial charge in [-0.25, -0.2) is 0 Å². The Labute approximate surface area is 618 Å². The maximum atomic E-state index is 15.4. The van der Waals surface area contributed by atoms with Crippen LogP contribution in [0.25, 0.3) is 0 Å². The molecule has 36 heteroatoms. The van der Waals surface area contributed by atoms with Crippen molar-refractivity contribution in [1.82, 2.24) is 0 Å². The molecule has 7 aliphatic heterocycles. The predicted molar refractivity (Wildman–Crippen MR) is 353 cm³/mol. The van der Waals surface area contributed by atoms with Crippen LogP contribution in [0.2, 0.25) is 0 Å². The van der Waals surface area contributed by atoms with Crippen LogP contribution in [0.4, 0.5) is 0 Å². The highest BCUT2D eigenvalue weighted by atomic mass is 16.8. The summed E-state index contributed by atoms with van der Waals surface area (Å²) in [6.07, 6.45) is -51.7. The first-order valence-corrected chi connectivity index (χ1v) is 37.6. The number of aliphatic hydroxyl groups excluding tert-OH is 21. The predicted octanol–water partition coefficient (Wildman–Crippen LogP) is -6.90. The number of rotatable bonds is 19. The van der Waals surface area contributed by atoms with E-state index in [0.717, 1.165) is 18.4 Å². The maximum absolute atomic E-state index is 15.4. The van der Waals surface area contributed by atoms with Crippen molar-refractivity contribution >= 4 is 5.97 Å². The van der Waals surface area contributed by atoms with E-state index in [9.17, 15) is 107 Å². The SMILES string of the molecule is C[C@H]1O[C@H](O[C@H]2[C@H](O)[C@@H](O)[C@H](OC[C@H]3O[C@@H](OC(=O)[C@]45CCC(C)(C)C[C@H]4C4=CC[C@H]6[C@@]7(C)CC[C@H](O[C@@H]8OC[C@H](O)[C@H](O[C@@H]9O[C@H](CO)[C@@H](O)[C@H](O[C@@H]%10O[C@H](CO)[C@@H](O)[C@H](O)[C@H]%10O[C@@H]%10O[C@H](CO)[C@@H](O)[C@H](O)[C@H]%10O)[C@H]9O)[C@H]8O)C(C)(C)[C@@H]7CC[C@@]6(C)[C@]4(C)CC5)[C@H](O)[C@@H](O)[C@@H]3O)O[C@@H]2CO)[C@H](O)[C@@H](O)[C@@H]1O. The minimum absolute atomic E-state index is 0.0449. The Hall–Kier alpha value is -2.15. The summed E-state index contributed by atoms with van der Waals surface area (Å²) in [4.78, 5) is 15.4. The molecular formula is C71H116O36. The average Bonchev–Trinajstić information content (AvgIpc) is 0.674. The zero-order chi connectivity index (χ0) is 78.0. The van der Waals surface area contributed by atoms with E-state index in [4.69, 9.17) is 66.3 Å². The molecule has 0 aromatic carbocycles. The van der Waals surface area contributed by atoms with Crippen molar-refractivity contribution in [1.29, 1.82) is 0 Å². The molecule has 0 unspecified atom stereocenters. The van der Waals surface area contributed by atoms with E-state index in [1.54, 1.807) is 0 Å². The van der Waals surface area contributed by atoms with Gasteiger partial charge in [-0.15, -0.1) is 0 Å². The van der Waals surface area contributed by atoms with E-state index in [-0.39, 0.29) is 34.0 Å². The molecule has 12 aliphatic rings. The molecule has 0 aromatic rings. The first-order valence-electron chi connectivity index (χ1n) is 37.6. The number of hydrogen-bond donors (Lipinski definition) is 21. The van der Waals surface area contributed by atoms with Crippen molar-refractivity contribution in [2.24, 2.45) is 50.2 Å². The molecule has 42 atom stereocenters. The minimum Gasteiger partial charge on any atom is -0.432 e. The molecule has 7 heterocycles. The molecule has 5 aliphatic carbocycles. The van der Waals surface area contributed by atoms with Crippen LogP contribution in [0.3, 0.4) is 0 Å². The molecular weight excluding hydrogens is 1430 g/mol. The summed E-state index contributed by atoms with van der Waals surface area (Å²) >= 11 is 0. The molecule has 12 rings (SSSR count). The van der Waals surface area contributed by atoms with Gasteiger partial charge in [-0.1, -0.05) is 60.1 Å². The molecule has 0 spiro atoms. The van der Waals surface area contributed by atoms with Gasteiger partial charge in [-0.05, 0) is 116 Å². The van der Waals surface area contributed by atoms with Crippen LogP contribution in [0.1, 0.15) is 120 Å². The topological polar surface area (TPSA) is 571 Å². The lowest BCUT2D eigenvalue weighted by atomic mass is 9.33. The number of carbonyl (C=O) groups is 1. The monoisotopic (exact) mass is 1540 g/mol. The standard InChI is InChI=1S/C71H116O36/c1-26-38(77)43(82)48(87)60(96-26)104-55-33(23-75)100-58(51(90)47(55)86)95-25-34-41(80)45(84)50(89)62(101-34)107-65(93)71-17-15-66(2,3)19-28(71)27-9-10-36-68(6)13-12-37(67(4,5)35(68)11-14-70(36,8)69(27,7)16-18-71)102-59-52(91)54(29(76)24-94-59)103-63-53(92)56(42(81)32(22-74)98-63)105-64-57(46(85)40(79)31(21-73)99-64)106-61-49(88)44(83)39(78)30(20-72)97-61/h9,26,28-64,72-92H,10-25H2,1-8H3/t26-,28+,29+,30-,31-,32-,33-,34-,35+,36+,37+,38-,39-,40-,41-,42-,43+,44+,45+,46+,47-,48-,49-,50-,51-,52-,53-,54+,55-,56+,57-,58-,59+,60-,61+,62+,63+,64+,68+,69-,70-,71+/m1/s1. The lowest BCUT2D eigenvalue weighted by molar-refractivity contribution is -0.395. The van der Waals surface area contributed by atoms with Crippen molar-refractivity contribution in [2.45, 2.75) is 335 Å². The van der Waals surface area contributed by atoms with Crippen molar-refractivity contribution in [3.8, 4) is 0 Å². The number of esters is 1. The number of hydrogen-bond acceptors (Lipinski definition) is 36. The van der Waals surface area contributed by atoms with E-state index in [1.807, 2.05) is 0 Å². The minimum atomic E-state index is -2.08. The van der Waals surface area contributed by atoms with Gasteiger partial charge in [0.2, 0.25) is 6.29 Å². The highest BCUT2D eigenvalue weighted by Gasteiger charge is 2.71. The van der Waals surface area contributed by atoms with Crippen molar-refractivity contribution in [3.63, 3.8) is 0 Å². The quantitative estimate of drug-likeness (QED) is 0.0325. The summed E-state index contributed by atoms with van der Waals surface area (Å²) in [5, 5.41) is 229. The van der Waals surface area contributed by atoms with E-state index >= 15 is 4.79 Å². The Kier molecular flexibility index (Phi) is 25.3. The molecule has 11 fully saturated rings. The highest BCUT2D eigenvalue weighted by molar-refractivity contribution is 5.79. The van der Waals surface area contributed by atoms with Gasteiger partial charge >= 0.3 is 5.97 Å². The highest BCUT2D eigenvalue weighted by Crippen LogP contribution is 2.76. The van der Waals surface area contributed by atoms with Crippen LogP contribution in [0.15, 0.2) is 11.6 Å². The van der Waals surface area contributed by atoms with Crippen LogP contribution in [0, 0.1) is 50.2 Å². The second-order valence-electron chi connectivity index (χ2n) is 34.3. The molecule has 0 aromatic heterocycles. The molecule has 0 radical (unpaired) electrons. The van der Waals surface area contributed by atoms with Crippen molar-refractivity contribution in [2.75, 3.05) is 39.6 Å². The van der Waals surface area contributed by atoms with Crippen LogP contribution < -0.4 is 0 Å². The fraction of sp³-hybridized carbons (Fsp3) is 0.958. The summed E-state index contributed by atoms with van der Waals surface area (Å²) in [7, 11) is 0. The number of carbonyl (C=O) groups excluding carboxylic acids is 1. The third-order valence-corrected chi connectivity index (χ3v) is 27.3. The van der Waals surface area contributed by atoms with E-state index < -0.39 is 277 Å². The van der Waals surface area contributed by atoms with Gasteiger partial charge in [0.05, 0.1) is 57.3 Å². The largest absolute Gasteiger partial charge is 0.432 e. The first kappa shape index (κ1) is 84.3. The normalized spacial score (nSPS) is 54.2. The molecule has 0 bridgehead atoms. The van der Waals surface area contributed by atoms with Gasteiger partial charge in [0, 0.05) is 0 Å². The van der Waals surface area contributed by atoms with Gasteiger partial charge in [0.15, 0.2) is 37.7 Å². The lowest BCUT2D eigenvalue weighted by Crippen LogP contribution is -2.67. The molecule has 107 heavy (non-hydrogen) atoms. The average molecular weight is 1550 g/mol. The Bertz CT molecular complexity index is 3030. The molecule has 36 nitrogen and oxygen atoms in total. The third-order valence-electron chi connectivity index (χ3n) is 27.3. The smallest absolute Gasteiger partial charge is 0.315 e.